The predicted molar refractivity (Wildman–Crippen MR) is 106 cm³/mol. The highest BCUT2D eigenvalue weighted by atomic mass is 32.2. The van der Waals surface area contributed by atoms with Gasteiger partial charge >= 0.3 is 0 Å². The number of amides is 1. The van der Waals surface area contributed by atoms with Gasteiger partial charge in [-0.1, -0.05) is 37.1 Å². The van der Waals surface area contributed by atoms with E-state index >= 15 is 0 Å². The molecule has 4 rings (SSSR count). The molecule has 0 bridgehead atoms. The molecule has 7 heteroatoms. The highest BCUT2D eigenvalue weighted by Gasteiger charge is 2.31. The molecule has 2 heterocycles. The third-order valence-electron chi connectivity index (χ3n) is 5.16. The molecule has 26 heavy (non-hydrogen) atoms. The molecular formula is C19H26N4OS2. The summed E-state index contributed by atoms with van der Waals surface area (Å²) in [7, 11) is 0. The Balaban J connectivity index is 1.42. The van der Waals surface area contributed by atoms with Crippen molar-refractivity contribution in [3.63, 3.8) is 0 Å². The van der Waals surface area contributed by atoms with E-state index in [2.05, 4.69) is 37.6 Å². The molecule has 5 nitrogen and oxygen atoms in total. The van der Waals surface area contributed by atoms with E-state index in [1.807, 2.05) is 6.92 Å². The molecule has 1 amide bonds. The molecule has 0 spiro atoms. The van der Waals surface area contributed by atoms with Crippen molar-refractivity contribution >= 4 is 29.0 Å². The molecule has 2 aliphatic rings. The van der Waals surface area contributed by atoms with Crippen molar-refractivity contribution < 1.29 is 4.79 Å². The van der Waals surface area contributed by atoms with Crippen molar-refractivity contribution in [2.24, 2.45) is 0 Å². The normalized spacial score (nSPS) is 19.4. The van der Waals surface area contributed by atoms with Crippen LogP contribution in [-0.2, 0) is 11.2 Å². The minimum Gasteiger partial charge on any atom is -0.352 e. The van der Waals surface area contributed by atoms with Gasteiger partial charge in [0.25, 0.3) is 0 Å². The summed E-state index contributed by atoms with van der Waals surface area (Å²) in [4.78, 5) is 13.9. The van der Waals surface area contributed by atoms with Gasteiger partial charge in [0.1, 0.15) is 5.82 Å². The van der Waals surface area contributed by atoms with Crippen LogP contribution >= 0.6 is 23.1 Å². The number of thiophene rings is 1. The van der Waals surface area contributed by atoms with Crippen LogP contribution in [0.25, 0.3) is 0 Å². The standard InChI is InChI=1S/C19H26N4OS2/c1-13(18(24)20-14-6-3-2-4-7-14)26-19-22-21-17(23(19)15-9-10-15)12-16-8-5-11-25-16/h5,8,11,13-15H,2-4,6-7,9-10,12H2,1H3,(H,20,24)/t13-/m0/s1. The Morgan fingerprint density at radius 3 is 2.81 bits per heavy atom. The molecule has 0 saturated heterocycles. The third kappa shape index (κ3) is 4.31. The van der Waals surface area contributed by atoms with Gasteiger partial charge in [0, 0.05) is 23.4 Å². The lowest BCUT2D eigenvalue weighted by molar-refractivity contribution is -0.121. The first-order valence-corrected chi connectivity index (χ1v) is 11.4. The second-order valence-electron chi connectivity index (χ2n) is 7.36. The van der Waals surface area contributed by atoms with E-state index in [0.717, 1.165) is 30.2 Å². The van der Waals surface area contributed by atoms with Gasteiger partial charge in [-0.2, -0.15) is 0 Å². The van der Waals surface area contributed by atoms with Crippen LogP contribution in [0, 0.1) is 0 Å². The predicted octanol–water partition coefficient (Wildman–Crippen LogP) is 4.19. The van der Waals surface area contributed by atoms with Crippen LogP contribution in [0.5, 0.6) is 0 Å². The molecule has 2 aromatic rings. The molecule has 2 aliphatic carbocycles. The first-order chi connectivity index (χ1) is 12.7. The lowest BCUT2D eigenvalue weighted by Gasteiger charge is -2.24. The summed E-state index contributed by atoms with van der Waals surface area (Å²) in [5.41, 5.74) is 0. The fourth-order valence-electron chi connectivity index (χ4n) is 3.55. The van der Waals surface area contributed by atoms with E-state index < -0.39 is 0 Å². The van der Waals surface area contributed by atoms with Crippen LogP contribution in [0.3, 0.4) is 0 Å². The molecule has 2 saturated carbocycles. The monoisotopic (exact) mass is 390 g/mol. The number of nitrogens with one attached hydrogen (secondary N) is 1. The minimum atomic E-state index is -0.145. The zero-order valence-corrected chi connectivity index (χ0v) is 16.8. The Morgan fingerprint density at radius 1 is 1.31 bits per heavy atom. The summed E-state index contributed by atoms with van der Waals surface area (Å²) >= 11 is 3.30. The van der Waals surface area contributed by atoms with Crippen LogP contribution in [0.4, 0.5) is 0 Å². The summed E-state index contributed by atoms with van der Waals surface area (Å²) < 4.78 is 2.27. The summed E-state index contributed by atoms with van der Waals surface area (Å²) in [5.74, 6) is 1.16. The number of rotatable bonds is 7. The fraction of sp³-hybridized carbons (Fsp3) is 0.632. The van der Waals surface area contributed by atoms with Gasteiger partial charge in [-0.05, 0) is 44.1 Å². The first kappa shape index (κ1) is 18.0. The topological polar surface area (TPSA) is 59.8 Å². The second kappa shape index (κ2) is 8.13. The smallest absolute Gasteiger partial charge is 0.233 e. The van der Waals surface area contributed by atoms with Crippen molar-refractivity contribution in [2.45, 2.75) is 80.8 Å². The molecular weight excluding hydrogens is 364 g/mol. The van der Waals surface area contributed by atoms with E-state index in [1.165, 1.54) is 37.0 Å². The number of nitrogens with zero attached hydrogens (tertiary/aromatic N) is 3. The SMILES string of the molecule is C[C@H](Sc1nnc(Cc2cccs2)n1C1CC1)C(=O)NC1CCCCC1. The van der Waals surface area contributed by atoms with Crippen molar-refractivity contribution in [3.05, 3.63) is 28.2 Å². The lowest BCUT2D eigenvalue weighted by Crippen LogP contribution is -2.40. The Hall–Kier alpha value is -1.34. The van der Waals surface area contributed by atoms with Crippen molar-refractivity contribution in [3.8, 4) is 0 Å². The molecule has 0 unspecified atom stereocenters. The third-order valence-corrected chi connectivity index (χ3v) is 7.10. The molecule has 1 atom stereocenters. The van der Waals surface area contributed by atoms with Gasteiger partial charge in [-0.3, -0.25) is 4.79 Å². The summed E-state index contributed by atoms with van der Waals surface area (Å²) in [5, 5.41) is 15.0. The van der Waals surface area contributed by atoms with Gasteiger partial charge in [0.05, 0.1) is 5.25 Å². The molecule has 1 N–H and O–H groups in total. The van der Waals surface area contributed by atoms with Gasteiger partial charge < -0.3 is 9.88 Å². The molecule has 0 radical (unpaired) electrons. The Kier molecular flexibility index (Phi) is 5.64. The van der Waals surface area contributed by atoms with Crippen molar-refractivity contribution in [2.75, 3.05) is 0 Å². The van der Waals surface area contributed by atoms with Crippen LogP contribution in [0.1, 0.15) is 68.6 Å². The Labute approximate surface area is 163 Å². The zero-order chi connectivity index (χ0) is 17.9. The largest absolute Gasteiger partial charge is 0.352 e. The molecule has 2 fully saturated rings. The first-order valence-electron chi connectivity index (χ1n) is 9.64. The highest BCUT2D eigenvalue weighted by Crippen LogP contribution is 2.40. The number of carbonyl (C=O) groups excluding carboxylic acids is 1. The zero-order valence-electron chi connectivity index (χ0n) is 15.2. The maximum Gasteiger partial charge on any atom is 0.233 e. The molecule has 0 aliphatic heterocycles. The quantitative estimate of drug-likeness (QED) is 0.720. The van der Waals surface area contributed by atoms with Gasteiger partial charge in [-0.25, -0.2) is 0 Å². The van der Waals surface area contributed by atoms with Crippen LogP contribution in [-0.4, -0.2) is 32.0 Å². The average molecular weight is 391 g/mol. The number of hydrogen-bond donors (Lipinski definition) is 1. The van der Waals surface area contributed by atoms with Crippen LogP contribution < -0.4 is 5.32 Å². The number of carbonyl (C=O) groups is 1. The molecule has 140 valence electrons. The van der Waals surface area contributed by atoms with Gasteiger partial charge in [0.2, 0.25) is 5.91 Å². The minimum absolute atomic E-state index is 0.132. The molecule has 0 aromatic carbocycles. The van der Waals surface area contributed by atoms with Gasteiger partial charge in [0.15, 0.2) is 5.16 Å². The van der Waals surface area contributed by atoms with E-state index in [9.17, 15) is 4.79 Å². The number of hydrogen-bond acceptors (Lipinski definition) is 5. The Morgan fingerprint density at radius 2 is 2.12 bits per heavy atom. The van der Waals surface area contributed by atoms with E-state index in [4.69, 9.17) is 0 Å². The highest BCUT2D eigenvalue weighted by molar-refractivity contribution is 8.00. The maximum atomic E-state index is 12.6. The lowest BCUT2D eigenvalue weighted by atomic mass is 9.95. The van der Waals surface area contributed by atoms with Crippen molar-refractivity contribution in [1.29, 1.82) is 0 Å². The summed E-state index contributed by atoms with van der Waals surface area (Å²) in [6.45, 7) is 1.98. The summed E-state index contributed by atoms with van der Waals surface area (Å²) in [6, 6.07) is 5.08. The van der Waals surface area contributed by atoms with Crippen molar-refractivity contribution in [1.82, 2.24) is 20.1 Å². The fourth-order valence-corrected chi connectivity index (χ4v) is 5.20. The maximum absolute atomic E-state index is 12.6. The van der Waals surface area contributed by atoms with E-state index in [-0.39, 0.29) is 11.2 Å². The average Bonchev–Trinajstić information content (AvgIpc) is 3.20. The Bertz CT molecular complexity index is 733. The van der Waals surface area contributed by atoms with Crippen LogP contribution in [0.15, 0.2) is 22.7 Å². The van der Waals surface area contributed by atoms with E-state index in [1.54, 1.807) is 23.1 Å². The number of thioether (sulfide) groups is 1. The molecule has 2 aromatic heterocycles. The van der Waals surface area contributed by atoms with Gasteiger partial charge in [-0.15, -0.1) is 21.5 Å². The van der Waals surface area contributed by atoms with E-state index in [0.29, 0.717) is 12.1 Å². The summed E-state index contributed by atoms with van der Waals surface area (Å²) in [6.07, 6.45) is 9.19. The number of aromatic nitrogens is 3. The van der Waals surface area contributed by atoms with Crippen LogP contribution in [0.2, 0.25) is 0 Å². The second-order valence-corrected chi connectivity index (χ2v) is 9.70.